The second kappa shape index (κ2) is 5.08. The van der Waals surface area contributed by atoms with E-state index in [9.17, 15) is 0 Å². The minimum Gasteiger partial charge on any atom is -0.303 e. The Labute approximate surface area is 102 Å². The van der Waals surface area contributed by atoms with Crippen LogP contribution >= 0.6 is 0 Å². The molecule has 1 saturated heterocycles. The maximum absolute atomic E-state index is 2.65. The van der Waals surface area contributed by atoms with E-state index in [1.807, 2.05) is 0 Å². The molecule has 0 aromatic rings. The van der Waals surface area contributed by atoms with Gasteiger partial charge in [0.25, 0.3) is 0 Å². The lowest BCUT2D eigenvalue weighted by molar-refractivity contribution is 0.151. The first-order valence-corrected chi connectivity index (χ1v) is 7.36. The molecule has 1 aliphatic carbocycles. The van der Waals surface area contributed by atoms with Crippen LogP contribution < -0.4 is 0 Å². The van der Waals surface area contributed by atoms with E-state index >= 15 is 0 Å². The van der Waals surface area contributed by atoms with Crippen LogP contribution in [0.5, 0.6) is 0 Å². The number of rotatable bonds is 5. The van der Waals surface area contributed by atoms with E-state index < -0.39 is 0 Å². The van der Waals surface area contributed by atoms with Crippen molar-refractivity contribution in [3.05, 3.63) is 0 Å². The van der Waals surface area contributed by atoms with E-state index in [0.717, 1.165) is 17.3 Å². The fraction of sp³-hybridized carbons (Fsp3) is 1.00. The average Bonchev–Trinajstić information content (AvgIpc) is 2.97. The molecule has 0 spiro atoms. The van der Waals surface area contributed by atoms with Gasteiger partial charge in [-0.1, -0.05) is 20.8 Å². The zero-order valence-electron chi connectivity index (χ0n) is 11.5. The summed E-state index contributed by atoms with van der Waals surface area (Å²) in [6, 6.07) is 0. The van der Waals surface area contributed by atoms with Crippen LogP contribution in [0.25, 0.3) is 0 Å². The summed E-state index contributed by atoms with van der Waals surface area (Å²) in [6.45, 7) is 11.1. The Morgan fingerprint density at radius 2 is 2.06 bits per heavy atom. The van der Waals surface area contributed by atoms with E-state index in [2.05, 4.69) is 25.7 Å². The molecule has 1 aliphatic heterocycles. The number of nitrogens with zero attached hydrogens (tertiary/aromatic N) is 1. The zero-order chi connectivity index (χ0) is 11.6. The van der Waals surface area contributed by atoms with Gasteiger partial charge in [-0.15, -0.1) is 0 Å². The Bertz CT molecular complexity index is 217. The van der Waals surface area contributed by atoms with Gasteiger partial charge in [0.2, 0.25) is 0 Å². The number of hydrogen-bond acceptors (Lipinski definition) is 1. The summed E-state index contributed by atoms with van der Waals surface area (Å²) in [6.07, 6.45) is 8.99. The number of hydrogen-bond donors (Lipinski definition) is 0. The highest BCUT2D eigenvalue weighted by Gasteiger charge is 2.44. The SMILES string of the molecule is CCN1CCCC(CC2(CC(C)C)CC2)C1. The molecule has 0 aromatic heterocycles. The Morgan fingerprint density at radius 3 is 2.62 bits per heavy atom. The van der Waals surface area contributed by atoms with Gasteiger partial charge in [-0.3, -0.25) is 0 Å². The third kappa shape index (κ3) is 3.23. The quantitative estimate of drug-likeness (QED) is 0.682. The van der Waals surface area contributed by atoms with Crippen LogP contribution in [0.4, 0.5) is 0 Å². The van der Waals surface area contributed by atoms with E-state index in [1.54, 1.807) is 0 Å². The zero-order valence-corrected chi connectivity index (χ0v) is 11.5. The first-order valence-electron chi connectivity index (χ1n) is 7.36. The Hall–Kier alpha value is -0.0400. The molecule has 16 heavy (non-hydrogen) atoms. The molecule has 1 heteroatoms. The minimum atomic E-state index is 0.787. The van der Waals surface area contributed by atoms with Crippen LogP contribution in [0, 0.1) is 17.3 Å². The van der Waals surface area contributed by atoms with E-state index in [1.165, 1.54) is 58.2 Å². The highest BCUT2D eigenvalue weighted by molar-refractivity contribution is 4.95. The second-order valence-corrected chi connectivity index (χ2v) is 6.70. The summed E-state index contributed by atoms with van der Waals surface area (Å²) in [5, 5.41) is 0. The fourth-order valence-electron chi connectivity index (χ4n) is 3.75. The molecule has 0 amide bonds. The molecule has 1 nitrogen and oxygen atoms in total. The van der Waals surface area contributed by atoms with Crippen molar-refractivity contribution in [2.75, 3.05) is 19.6 Å². The molecule has 1 atom stereocenters. The molecule has 2 rings (SSSR count). The van der Waals surface area contributed by atoms with Gasteiger partial charge < -0.3 is 4.90 Å². The molecule has 1 saturated carbocycles. The highest BCUT2D eigenvalue weighted by Crippen LogP contribution is 2.55. The molecule has 2 fully saturated rings. The van der Waals surface area contributed by atoms with E-state index in [4.69, 9.17) is 0 Å². The second-order valence-electron chi connectivity index (χ2n) is 6.70. The van der Waals surface area contributed by atoms with Gasteiger partial charge in [-0.05, 0) is 68.9 Å². The van der Waals surface area contributed by atoms with Gasteiger partial charge in [0.05, 0.1) is 0 Å². The summed E-state index contributed by atoms with van der Waals surface area (Å²) < 4.78 is 0. The van der Waals surface area contributed by atoms with Crippen molar-refractivity contribution >= 4 is 0 Å². The van der Waals surface area contributed by atoms with Crippen molar-refractivity contribution in [1.29, 1.82) is 0 Å². The van der Waals surface area contributed by atoms with E-state index in [0.29, 0.717) is 0 Å². The summed E-state index contributed by atoms with van der Waals surface area (Å²) in [5.74, 6) is 1.91. The molecule has 94 valence electrons. The summed E-state index contributed by atoms with van der Waals surface area (Å²) in [7, 11) is 0. The molecule has 0 bridgehead atoms. The van der Waals surface area contributed by atoms with Crippen molar-refractivity contribution in [3.8, 4) is 0 Å². The predicted octanol–water partition coefficient (Wildman–Crippen LogP) is 3.93. The lowest BCUT2D eigenvalue weighted by Gasteiger charge is -2.34. The molecule has 0 aromatic carbocycles. The monoisotopic (exact) mass is 223 g/mol. The topological polar surface area (TPSA) is 3.24 Å². The number of piperidine rings is 1. The van der Waals surface area contributed by atoms with Gasteiger partial charge in [-0.25, -0.2) is 0 Å². The molecule has 2 aliphatic rings. The normalized spacial score (nSPS) is 29.6. The van der Waals surface area contributed by atoms with Gasteiger partial charge in [0.1, 0.15) is 0 Å². The third-order valence-corrected chi connectivity index (χ3v) is 4.57. The lowest BCUT2D eigenvalue weighted by Crippen LogP contribution is -2.36. The Kier molecular flexibility index (Phi) is 3.94. The molecular formula is C15H29N. The predicted molar refractivity (Wildman–Crippen MR) is 70.6 cm³/mol. The van der Waals surface area contributed by atoms with Gasteiger partial charge in [-0.2, -0.15) is 0 Å². The summed E-state index contributed by atoms with van der Waals surface area (Å²) in [5.41, 5.74) is 0.787. The van der Waals surface area contributed by atoms with Crippen molar-refractivity contribution in [3.63, 3.8) is 0 Å². The molecule has 1 unspecified atom stereocenters. The molecular weight excluding hydrogens is 194 g/mol. The first kappa shape index (κ1) is 12.4. The third-order valence-electron chi connectivity index (χ3n) is 4.57. The van der Waals surface area contributed by atoms with Crippen molar-refractivity contribution in [2.24, 2.45) is 17.3 Å². The highest BCUT2D eigenvalue weighted by atomic mass is 15.1. The largest absolute Gasteiger partial charge is 0.303 e. The van der Waals surface area contributed by atoms with Gasteiger partial charge in [0, 0.05) is 6.54 Å². The first-order chi connectivity index (χ1) is 7.63. The van der Waals surface area contributed by atoms with Gasteiger partial charge in [0.15, 0.2) is 0 Å². The standard InChI is InChI=1S/C15H29N/c1-4-16-9-5-6-14(12-16)11-15(7-8-15)10-13(2)3/h13-14H,4-12H2,1-3H3. The minimum absolute atomic E-state index is 0.787. The van der Waals surface area contributed by atoms with Crippen LogP contribution in [0.2, 0.25) is 0 Å². The van der Waals surface area contributed by atoms with Crippen molar-refractivity contribution in [2.45, 2.75) is 59.3 Å². The summed E-state index contributed by atoms with van der Waals surface area (Å²) >= 11 is 0. The molecule has 1 heterocycles. The van der Waals surface area contributed by atoms with Crippen LogP contribution in [-0.4, -0.2) is 24.5 Å². The molecule has 0 radical (unpaired) electrons. The van der Waals surface area contributed by atoms with Crippen LogP contribution in [-0.2, 0) is 0 Å². The molecule has 0 N–H and O–H groups in total. The van der Waals surface area contributed by atoms with Crippen LogP contribution in [0.1, 0.15) is 59.3 Å². The smallest absolute Gasteiger partial charge is 0.000975 e. The summed E-state index contributed by atoms with van der Waals surface area (Å²) in [4.78, 5) is 2.65. The lowest BCUT2D eigenvalue weighted by atomic mass is 9.82. The Morgan fingerprint density at radius 1 is 1.31 bits per heavy atom. The van der Waals surface area contributed by atoms with Crippen molar-refractivity contribution < 1.29 is 0 Å². The maximum Gasteiger partial charge on any atom is 0.000975 e. The maximum atomic E-state index is 2.65. The van der Waals surface area contributed by atoms with Crippen molar-refractivity contribution in [1.82, 2.24) is 4.90 Å². The van der Waals surface area contributed by atoms with Crippen LogP contribution in [0.3, 0.4) is 0 Å². The fourth-order valence-corrected chi connectivity index (χ4v) is 3.75. The number of likely N-dealkylation sites (tertiary alicyclic amines) is 1. The average molecular weight is 223 g/mol. The van der Waals surface area contributed by atoms with Gasteiger partial charge >= 0.3 is 0 Å². The Balaban J connectivity index is 1.80. The van der Waals surface area contributed by atoms with Crippen LogP contribution in [0.15, 0.2) is 0 Å². The van der Waals surface area contributed by atoms with E-state index in [-0.39, 0.29) is 0 Å².